The van der Waals surface area contributed by atoms with E-state index in [1.54, 1.807) is 10.8 Å². The van der Waals surface area contributed by atoms with Gasteiger partial charge in [-0.05, 0) is 170 Å². The fourth-order valence-electron chi connectivity index (χ4n) is 9.47. The van der Waals surface area contributed by atoms with Gasteiger partial charge in [-0.15, -0.1) is 0 Å². The Labute approximate surface area is 278 Å². The highest BCUT2D eigenvalue weighted by molar-refractivity contribution is 5.93. The maximum Gasteiger partial charge on any atom is 0.00210 e. The van der Waals surface area contributed by atoms with Gasteiger partial charge in [0.1, 0.15) is 0 Å². The quantitative estimate of drug-likeness (QED) is 0.224. The summed E-state index contributed by atoms with van der Waals surface area (Å²) in [5, 5.41) is 3.03. The Morgan fingerprint density at radius 2 is 1.54 bits per heavy atom. The molecule has 46 heavy (non-hydrogen) atoms. The van der Waals surface area contributed by atoms with Crippen molar-refractivity contribution in [1.29, 1.82) is 0 Å². The molecule has 0 amide bonds. The summed E-state index contributed by atoms with van der Waals surface area (Å²) < 4.78 is 0. The van der Waals surface area contributed by atoms with Crippen molar-refractivity contribution >= 4 is 23.3 Å². The number of hydrogen-bond donors (Lipinski definition) is 0. The van der Waals surface area contributed by atoms with Crippen molar-refractivity contribution in [2.75, 3.05) is 0 Å². The average Bonchev–Trinajstić information content (AvgIpc) is 3.59. The summed E-state index contributed by atoms with van der Waals surface area (Å²) in [6.07, 6.45) is 15.4. The molecule has 0 spiro atoms. The molecule has 7 rings (SSSR count). The molecule has 2 fully saturated rings. The van der Waals surface area contributed by atoms with Crippen molar-refractivity contribution in [2.45, 2.75) is 92.9 Å². The second-order valence-electron chi connectivity index (χ2n) is 16.0. The standard InChI is InChI=1S/C46H54/c1-27(2)19-42-31(8)20-40-23-39(26-44(40)46(42)33-11-9-30(7)10-12-33)35-17-18-36-25-41(29(5)6)45(43(36)24-35)34-15-13-32(14-16-34)38-21-37(22-38)28(3)4/h9-12,17-18,20,23-25,29,32,34,37-38,41H,1,3,13-16,19,21-22,26H2,2,4-8H3. The normalized spacial score (nSPS) is 25.1. The predicted molar refractivity (Wildman–Crippen MR) is 200 cm³/mol. The van der Waals surface area contributed by atoms with Crippen LogP contribution in [0, 0.1) is 49.4 Å². The Morgan fingerprint density at radius 1 is 0.848 bits per heavy atom. The van der Waals surface area contributed by atoms with Crippen LogP contribution < -0.4 is 10.4 Å². The second kappa shape index (κ2) is 12.3. The summed E-state index contributed by atoms with van der Waals surface area (Å²) in [6.45, 7) is 22.3. The molecule has 2 saturated carbocycles. The maximum absolute atomic E-state index is 4.30. The van der Waals surface area contributed by atoms with E-state index in [0.717, 1.165) is 36.5 Å². The van der Waals surface area contributed by atoms with Crippen molar-refractivity contribution < 1.29 is 0 Å². The Bertz CT molecular complexity index is 1840. The molecule has 0 heterocycles. The first-order valence-electron chi connectivity index (χ1n) is 18.2. The first-order valence-corrected chi connectivity index (χ1v) is 18.2. The summed E-state index contributed by atoms with van der Waals surface area (Å²) in [4.78, 5) is 0. The van der Waals surface area contributed by atoms with Gasteiger partial charge in [-0.25, -0.2) is 0 Å². The van der Waals surface area contributed by atoms with Crippen molar-refractivity contribution in [3.05, 3.63) is 117 Å². The van der Waals surface area contributed by atoms with Crippen molar-refractivity contribution in [3.8, 4) is 11.1 Å². The Kier molecular flexibility index (Phi) is 8.37. The highest BCUT2D eigenvalue weighted by Crippen LogP contribution is 2.50. The van der Waals surface area contributed by atoms with Crippen LogP contribution in [0.1, 0.15) is 99.6 Å². The summed E-state index contributed by atoms with van der Waals surface area (Å²) in [6, 6.07) is 19.0. The van der Waals surface area contributed by atoms with Gasteiger partial charge in [0, 0.05) is 5.92 Å². The molecule has 0 saturated heterocycles. The zero-order chi connectivity index (χ0) is 32.3. The number of rotatable bonds is 8. The number of aryl methyl sites for hydroxylation is 2. The van der Waals surface area contributed by atoms with Gasteiger partial charge in [0.15, 0.2) is 0 Å². The van der Waals surface area contributed by atoms with Crippen LogP contribution in [0.3, 0.4) is 0 Å². The lowest BCUT2D eigenvalue weighted by molar-refractivity contribution is 0.109. The van der Waals surface area contributed by atoms with Crippen LogP contribution in [-0.2, 0) is 12.8 Å². The van der Waals surface area contributed by atoms with Crippen LogP contribution in [-0.4, -0.2) is 0 Å². The van der Waals surface area contributed by atoms with Gasteiger partial charge in [0.05, 0.1) is 0 Å². The molecule has 0 bridgehead atoms. The zero-order valence-electron chi connectivity index (χ0n) is 29.3. The molecule has 0 nitrogen and oxygen atoms in total. The van der Waals surface area contributed by atoms with Gasteiger partial charge in [0.2, 0.25) is 0 Å². The van der Waals surface area contributed by atoms with E-state index in [9.17, 15) is 0 Å². The highest BCUT2D eigenvalue weighted by atomic mass is 14.4. The number of fused-ring (bicyclic) bond motifs is 2. The summed E-state index contributed by atoms with van der Waals surface area (Å²) in [5.41, 5.74) is 17.0. The highest BCUT2D eigenvalue weighted by Gasteiger charge is 2.39. The predicted octanol–water partition coefficient (Wildman–Crippen LogP) is 10.8. The van der Waals surface area contributed by atoms with Gasteiger partial charge >= 0.3 is 0 Å². The van der Waals surface area contributed by atoms with Gasteiger partial charge in [-0.2, -0.15) is 0 Å². The minimum absolute atomic E-state index is 0.568. The molecule has 4 aliphatic rings. The molecule has 0 heteroatoms. The third-order valence-corrected chi connectivity index (χ3v) is 12.2. The van der Waals surface area contributed by atoms with E-state index >= 15 is 0 Å². The van der Waals surface area contributed by atoms with Gasteiger partial charge in [-0.3, -0.25) is 0 Å². The molecule has 3 aromatic rings. The van der Waals surface area contributed by atoms with Gasteiger partial charge < -0.3 is 0 Å². The van der Waals surface area contributed by atoms with E-state index in [-0.39, 0.29) is 0 Å². The van der Waals surface area contributed by atoms with E-state index in [4.69, 9.17) is 0 Å². The van der Waals surface area contributed by atoms with E-state index < -0.39 is 0 Å². The van der Waals surface area contributed by atoms with Crippen molar-refractivity contribution in [1.82, 2.24) is 0 Å². The second-order valence-corrected chi connectivity index (χ2v) is 16.0. The van der Waals surface area contributed by atoms with E-state index in [2.05, 4.69) is 115 Å². The Balaban J connectivity index is 1.21. The van der Waals surface area contributed by atoms with Crippen LogP contribution in [0.2, 0.25) is 0 Å². The molecule has 238 valence electrons. The summed E-state index contributed by atoms with van der Waals surface area (Å²) in [7, 11) is 0. The topological polar surface area (TPSA) is 0 Å². The monoisotopic (exact) mass is 606 g/mol. The van der Waals surface area contributed by atoms with Gasteiger partial charge in [-0.1, -0.05) is 104 Å². The molecular formula is C46H54. The lowest BCUT2D eigenvalue weighted by atomic mass is 9.61. The Hall–Kier alpha value is -3.38. The molecule has 0 aliphatic heterocycles. The average molecular weight is 607 g/mol. The number of allylic oxidation sites excluding steroid dienone is 3. The maximum atomic E-state index is 4.30. The van der Waals surface area contributed by atoms with Crippen LogP contribution >= 0.6 is 0 Å². The first kappa shape index (κ1) is 31.2. The van der Waals surface area contributed by atoms with E-state index in [1.807, 2.05) is 0 Å². The molecule has 0 aromatic heterocycles. The van der Waals surface area contributed by atoms with Gasteiger partial charge in [0.25, 0.3) is 0 Å². The Morgan fingerprint density at radius 3 is 2.20 bits per heavy atom. The number of hydrogen-bond acceptors (Lipinski definition) is 0. The fraction of sp³-hybridized carbons (Fsp3) is 0.435. The molecule has 3 aromatic carbocycles. The molecular weight excluding hydrogens is 553 g/mol. The smallest absolute Gasteiger partial charge is 0.00210 e. The van der Waals surface area contributed by atoms with Crippen LogP contribution in [0.15, 0.2) is 72.8 Å². The molecule has 0 radical (unpaired) electrons. The van der Waals surface area contributed by atoms with E-state index in [0.29, 0.717) is 11.8 Å². The van der Waals surface area contributed by atoms with Crippen molar-refractivity contribution in [3.63, 3.8) is 0 Å². The summed E-state index contributed by atoms with van der Waals surface area (Å²) in [5.74, 6) is 4.60. The molecule has 1 atom stereocenters. The van der Waals surface area contributed by atoms with Crippen LogP contribution in [0.25, 0.3) is 34.4 Å². The molecule has 0 N–H and O–H groups in total. The molecule has 1 unspecified atom stereocenters. The van der Waals surface area contributed by atoms with Crippen LogP contribution in [0.5, 0.6) is 0 Å². The third kappa shape index (κ3) is 5.72. The summed E-state index contributed by atoms with van der Waals surface area (Å²) >= 11 is 0. The van der Waals surface area contributed by atoms with Crippen molar-refractivity contribution in [2.24, 2.45) is 35.5 Å². The van der Waals surface area contributed by atoms with Crippen LogP contribution in [0.4, 0.5) is 0 Å². The van der Waals surface area contributed by atoms with E-state index in [1.165, 1.54) is 105 Å². The first-order chi connectivity index (χ1) is 22.1. The third-order valence-electron chi connectivity index (χ3n) is 12.2. The fourth-order valence-corrected chi connectivity index (χ4v) is 9.47. The number of benzene rings is 3. The minimum Gasteiger partial charge on any atom is -0.0999 e. The SMILES string of the molecule is C=C(C)Cc1c(C)cc2c(c1-c1ccc(C)cc1)CC(c1ccc3c(c1)=C(C1CCC(C4CC(C(=C)C)C4)CC1)C(C(C)C)C=3)=C2. The lowest BCUT2D eigenvalue weighted by Gasteiger charge is -2.44. The lowest BCUT2D eigenvalue weighted by Crippen LogP contribution is -2.34. The molecule has 4 aliphatic carbocycles. The largest absolute Gasteiger partial charge is 0.0999 e. The minimum atomic E-state index is 0.568. The zero-order valence-corrected chi connectivity index (χ0v) is 29.3.